The van der Waals surface area contributed by atoms with Gasteiger partial charge in [0.2, 0.25) is 0 Å². The number of hydrogen-bond acceptors (Lipinski definition) is 7. The minimum atomic E-state index is -0.704. The van der Waals surface area contributed by atoms with Gasteiger partial charge in [-0.25, -0.2) is 0 Å². The second-order valence-corrected chi connectivity index (χ2v) is 9.07. The molecule has 0 saturated heterocycles. The molecule has 0 atom stereocenters. The minimum absolute atomic E-state index is 0.106. The number of nitrogens with one attached hydrogen (secondary N) is 3. The zero-order valence-corrected chi connectivity index (χ0v) is 20.1. The molecular formula is C28H27N5O4. The molecule has 1 aromatic heterocycles. The Labute approximate surface area is 213 Å². The van der Waals surface area contributed by atoms with Gasteiger partial charge in [0.1, 0.15) is 0 Å². The summed E-state index contributed by atoms with van der Waals surface area (Å²) in [5.74, 6) is -1.26. The molecule has 0 spiro atoms. The highest BCUT2D eigenvalue weighted by molar-refractivity contribution is 6.00. The lowest BCUT2D eigenvalue weighted by Gasteiger charge is -2.26. The first-order chi connectivity index (χ1) is 18.0. The number of aliphatic carboxylic acids is 1. The Morgan fingerprint density at radius 1 is 0.757 bits per heavy atom. The standard InChI is InChI=1S/C28H27N5O4/c34-25(30-22-15-13-19(14-16-22)18-9-11-20(12-10-18)27(35)36)26-32-33-28(37-26)31-24-8-4-7-23(17-24)29-21-5-2-1-3-6-21/h1-8,13-18,20,29H,9-12H2,(H,30,34)(H,31,33)(H,35,36). The fourth-order valence-electron chi connectivity index (χ4n) is 4.55. The van der Waals surface area contributed by atoms with Crippen LogP contribution < -0.4 is 16.0 Å². The summed E-state index contributed by atoms with van der Waals surface area (Å²) in [4.78, 5) is 23.8. The summed E-state index contributed by atoms with van der Waals surface area (Å²) in [6.45, 7) is 0. The average molecular weight is 498 g/mol. The molecule has 0 unspecified atom stereocenters. The van der Waals surface area contributed by atoms with Crippen LogP contribution in [0.5, 0.6) is 0 Å². The van der Waals surface area contributed by atoms with Crippen molar-refractivity contribution in [1.29, 1.82) is 0 Å². The fraction of sp³-hybridized carbons (Fsp3) is 0.214. The van der Waals surface area contributed by atoms with Gasteiger partial charge in [0.25, 0.3) is 0 Å². The lowest BCUT2D eigenvalue weighted by Crippen LogP contribution is -2.20. The van der Waals surface area contributed by atoms with Crippen molar-refractivity contribution in [3.05, 3.63) is 90.3 Å². The van der Waals surface area contributed by atoms with Crippen LogP contribution in [0.15, 0.2) is 83.3 Å². The summed E-state index contributed by atoms with van der Waals surface area (Å²) in [5, 5.41) is 26.1. The number of carbonyl (C=O) groups is 2. The summed E-state index contributed by atoms with van der Waals surface area (Å²) in [6.07, 6.45) is 3.09. The molecule has 9 heteroatoms. The smallest absolute Gasteiger partial charge is 0.320 e. The van der Waals surface area contributed by atoms with E-state index in [1.54, 1.807) is 0 Å². The van der Waals surface area contributed by atoms with Crippen LogP contribution >= 0.6 is 0 Å². The van der Waals surface area contributed by atoms with Gasteiger partial charge in [0, 0.05) is 22.7 Å². The van der Waals surface area contributed by atoms with Crippen LogP contribution in [-0.2, 0) is 4.79 Å². The van der Waals surface area contributed by atoms with E-state index in [9.17, 15) is 14.7 Å². The highest BCUT2D eigenvalue weighted by atomic mass is 16.4. The van der Waals surface area contributed by atoms with Crippen LogP contribution in [0, 0.1) is 5.92 Å². The number of benzene rings is 3. The second kappa shape index (κ2) is 10.9. The van der Waals surface area contributed by atoms with Gasteiger partial charge in [0.15, 0.2) is 0 Å². The number of aromatic nitrogens is 2. The number of anilines is 5. The van der Waals surface area contributed by atoms with Crippen LogP contribution in [0.2, 0.25) is 0 Å². The van der Waals surface area contributed by atoms with E-state index in [-0.39, 0.29) is 17.8 Å². The molecule has 4 aromatic rings. The predicted molar refractivity (Wildman–Crippen MR) is 140 cm³/mol. The molecule has 9 nitrogen and oxygen atoms in total. The maximum atomic E-state index is 12.6. The number of hydrogen-bond donors (Lipinski definition) is 4. The Morgan fingerprint density at radius 2 is 1.43 bits per heavy atom. The van der Waals surface area contributed by atoms with Crippen molar-refractivity contribution in [1.82, 2.24) is 10.2 Å². The molecule has 188 valence electrons. The molecule has 0 bridgehead atoms. The third-order valence-corrected chi connectivity index (χ3v) is 6.51. The van der Waals surface area contributed by atoms with Crippen LogP contribution in [0.4, 0.5) is 28.8 Å². The number of carboxylic acids is 1. The lowest BCUT2D eigenvalue weighted by atomic mass is 9.79. The van der Waals surface area contributed by atoms with Crippen molar-refractivity contribution < 1.29 is 19.1 Å². The summed E-state index contributed by atoms with van der Waals surface area (Å²) < 4.78 is 5.51. The van der Waals surface area contributed by atoms with E-state index in [1.165, 1.54) is 0 Å². The molecule has 1 heterocycles. The molecule has 3 aromatic carbocycles. The summed E-state index contributed by atoms with van der Waals surface area (Å²) in [5.41, 5.74) is 4.34. The summed E-state index contributed by atoms with van der Waals surface area (Å²) >= 11 is 0. The second-order valence-electron chi connectivity index (χ2n) is 9.07. The van der Waals surface area contributed by atoms with Crippen molar-refractivity contribution in [3.8, 4) is 0 Å². The molecule has 0 aliphatic heterocycles. The van der Waals surface area contributed by atoms with Gasteiger partial charge in [-0.15, -0.1) is 5.10 Å². The van der Waals surface area contributed by atoms with Gasteiger partial charge in [-0.2, -0.15) is 0 Å². The topological polar surface area (TPSA) is 129 Å². The number of carbonyl (C=O) groups excluding carboxylic acids is 1. The first-order valence-corrected chi connectivity index (χ1v) is 12.2. The summed E-state index contributed by atoms with van der Waals surface area (Å²) in [6, 6.07) is 25.1. The molecular weight excluding hydrogens is 470 g/mol. The Bertz CT molecular complexity index is 1360. The Morgan fingerprint density at radius 3 is 2.14 bits per heavy atom. The predicted octanol–water partition coefficient (Wildman–Crippen LogP) is 6.17. The maximum absolute atomic E-state index is 12.6. The van der Waals surface area contributed by atoms with E-state index < -0.39 is 11.9 Å². The third-order valence-electron chi connectivity index (χ3n) is 6.51. The van der Waals surface area contributed by atoms with Crippen molar-refractivity contribution in [3.63, 3.8) is 0 Å². The average Bonchev–Trinajstić information content (AvgIpc) is 3.39. The zero-order valence-electron chi connectivity index (χ0n) is 20.1. The third kappa shape index (κ3) is 6.13. The first-order valence-electron chi connectivity index (χ1n) is 12.2. The molecule has 0 radical (unpaired) electrons. The molecule has 1 aliphatic carbocycles. The monoisotopic (exact) mass is 497 g/mol. The van der Waals surface area contributed by atoms with Crippen molar-refractivity contribution in [2.75, 3.05) is 16.0 Å². The molecule has 37 heavy (non-hydrogen) atoms. The minimum Gasteiger partial charge on any atom is -0.481 e. The Kier molecular flexibility index (Phi) is 7.12. The van der Waals surface area contributed by atoms with Gasteiger partial charge < -0.3 is 25.5 Å². The van der Waals surface area contributed by atoms with Gasteiger partial charge in [-0.3, -0.25) is 9.59 Å². The van der Waals surface area contributed by atoms with Gasteiger partial charge >= 0.3 is 23.8 Å². The highest BCUT2D eigenvalue weighted by Gasteiger charge is 2.26. The van der Waals surface area contributed by atoms with E-state index in [0.717, 1.165) is 35.5 Å². The van der Waals surface area contributed by atoms with Crippen LogP contribution in [0.3, 0.4) is 0 Å². The molecule has 1 fully saturated rings. The number of amides is 1. The van der Waals surface area contributed by atoms with Gasteiger partial charge in [0.05, 0.1) is 5.92 Å². The number of carboxylic acid groups (broad SMARTS) is 1. The van der Waals surface area contributed by atoms with Crippen LogP contribution in [0.25, 0.3) is 0 Å². The van der Waals surface area contributed by atoms with Crippen molar-refractivity contribution >= 4 is 40.6 Å². The molecule has 5 rings (SSSR count). The highest BCUT2D eigenvalue weighted by Crippen LogP contribution is 2.36. The van der Waals surface area contributed by atoms with E-state index in [2.05, 4.69) is 26.1 Å². The van der Waals surface area contributed by atoms with E-state index in [1.807, 2.05) is 78.9 Å². The first kappa shape index (κ1) is 24.1. The van der Waals surface area contributed by atoms with E-state index in [0.29, 0.717) is 24.4 Å². The van der Waals surface area contributed by atoms with Crippen LogP contribution in [-0.4, -0.2) is 27.2 Å². The number of rotatable bonds is 8. The molecule has 4 N–H and O–H groups in total. The fourth-order valence-corrected chi connectivity index (χ4v) is 4.55. The Hall–Kier alpha value is -4.66. The molecule has 1 saturated carbocycles. The summed E-state index contributed by atoms with van der Waals surface area (Å²) in [7, 11) is 0. The van der Waals surface area contributed by atoms with E-state index in [4.69, 9.17) is 4.42 Å². The molecule has 1 amide bonds. The normalized spacial score (nSPS) is 17.1. The number of nitrogens with zero attached hydrogens (tertiary/aromatic N) is 2. The van der Waals surface area contributed by atoms with Crippen molar-refractivity contribution in [2.45, 2.75) is 31.6 Å². The Balaban J connectivity index is 1.16. The molecule has 1 aliphatic rings. The van der Waals surface area contributed by atoms with Crippen molar-refractivity contribution in [2.24, 2.45) is 5.92 Å². The van der Waals surface area contributed by atoms with Crippen LogP contribution in [0.1, 0.15) is 47.8 Å². The largest absolute Gasteiger partial charge is 0.481 e. The van der Waals surface area contributed by atoms with Gasteiger partial charge in [-0.05, 0) is 79.6 Å². The SMILES string of the molecule is O=C(Nc1ccc(C2CCC(C(=O)O)CC2)cc1)c1nnc(Nc2cccc(Nc3ccccc3)c2)o1. The van der Waals surface area contributed by atoms with Gasteiger partial charge in [-0.1, -0.05) is 41.5 Å². The maximum Gasteiger partial charge on any atom is 0.320 e. The van der Waals surface area contributed by atoms with E-state index >= 15 is 0 Å². The zero-order chi connectivity index (χ0) is 25.6. The quantitative estimate of drug-likeness (QED) is 0.227. The lowest BCUT2D eigenvalue weighted by molar-refractivity contribution is -0.142. The number of para-hydroxylation sites is 1.